The molecule has 30 heavy (non-hydrogen) atoms. The number of nitrogens with zero attached hydrogens (tertiary/aromatic N) is 1. The number of likely N-dealkylation sites (N-methyl/N-ethyl adjacent to an activating group) is 1. The number of hydrogen-bond acceptors (Lipinski definition) is 4. The fourth-order valence-corrected chi connectivity index (χ4v) is 4.84. The maximum absolute atomic E-state index is 13.0. The standard InChI is InChI=1S/C24H27NO5/c1-3-25(24(22(26)27)13-16(14-24)29-4-2)23(28)30-15-21-19-11-7-5-9-17(19)18-10-6-8-12-20(18)21/h5-12,16,21H,3-4,13-15H2,1-2H3,(H,26,27). The topological polar surface area (TPSA) is 76.1 Å². The molecule has 0 atom stereocenters. The number of ether oxygens (including phenoxy) is 2. The zero-order valence-corrected chi connectivity index (χ0v) is 17.3. The van der Waals surface area contributed by atoms with Gasteiger partial charge in [0, 0.05) is 31.9 Å². The van der Waals surface area contributed by atoms with E-state index in [0.717, 1.165) is 22.3 Å². The Kier molecular flexibility index (Phi) is 5.52. The third-order valence-corrected chi connectivity index (χ3v) is 6.32. The number of carbonyl (C=O) groups is 2. The van der Waals surface area contributed by atoms with Gasteiger partial charge in [0.25, 0.3) is 0 Å². The van der Waals surface area contributed by atoms with Crippen LogP contribution in [-0.4, -0.2) is 53.5 Å². The van der Waals surface area contributed by atoms with Crippen molar-refractivity contribution in [3.8, 4) is 11.1 Å². The summed E-state index contributed by atoms with van der Waals surface area (Å²) in [5, 5.41) is 9.86. The lowest BCUT2D eigenvalue weighted by molar-refractivity contribution is -0.169. The van der Waals surface area contributed by atoms with Gasteiger partial charge in [-0.3, -0.25) is 4.90 Å². The second kappa shape index (κ2) is 8.11. The fraction of sp³-hybridized carbons (Fsp3) is 0.417. The number of carboxylic acids is 1. The minimum absolute atomic E-state index is 0.0570. The quantitative estimate of drug-likeness (QED) is 0.739. The SMILES string of the molecule is CCOC1CC(C(=O)O)(N(CC)C(=O)OCC2c3ccccc3-c3ccccc32)C1. The summed E-state index contributed by atoms with van der Waals surface area (Å²) in [6, 6.07) is 16.3. The summed E-state index contributed by atoms with van der Waals surface area (Å²) in [5.74, 6) is -1.06. The molecule has 2 aliphatic carbocycles. The lowest BCUT2D eigenvalue weighted by Gasteiger charge is -2.49. The molecule has 0 unspecified atom stereocenters. The van der Waals surface area contributed by atoms with Crippen molar-refractivity contribution in [2.75, 3.05) is 19.8 Å². The van der Waals surface area contributed by atoms with E-state index in [2.05, 4.69) is 24.3 Å². The molecule has 2 aromatic rings. The smallest absolute Gasteiger partial charge is 0.410 e. The predicted octanol–water partition coefficient (Wildman–Crippen LogP) is 4.28. The van der Waals surface area contributed by atoms with Crippen molar-refractivity contribution in [2.24, 2.45) is 0 Å². The lowest BCUT2D eigenvalue weighted by atomic mass is 9.73. The first-order valence-electron chi connectivity index (χ1n) is 10.5. The number of fused-ring (bicyclic) bond motifs is 3. The van der Waals surface area contributed by atoms with E-state index in [0.29, 0.717) is 6.61 Å². The number of amides is 1. The molecule has 2 aromatic carbocycles. The van der Waals surface area contributed by atoms with E-state index in [1.807, 2.05) is 31.2 Å². The van der Waals surface area contributed by atoms with Gasteiger partial charge in [-0.1, -0.05) is 48.5 Å². The van der Waals surface area contributed by atoms with Gasteiger partial charge in [-0.2, -0.15) is 0 Å². The van der Waals surface area contributed by atoms with Gasteiger partial charge in [0.1, 0.15) is 12.1 Å². The third kappa shape index (κ3) is 3.25. The Hall–Kier alpha value is -2.86. The molecule has 1 N–H and O–H groups in total. The van der Waals surface area contributed by atoms with Crippen LogP contribution in [0.1, 0.15) is 43.7 Å². The zero-order chi connectivity index (χ0) is 21.3. The predicted molar refractivity (Wildman–Crippen MR) is 112 cm³/mol. The molecule has 0 aromatic heterocycles. The Balaban J connectivity index is 1.51. The first kappa shape index (κ1) is 20.4. The van der Waals surface area contributed by atoms with Crippen molar-refractivity contribution in [2.45, 2.75) is 44.2 Å². The summed E-state index contributed by atoms with van der Waals surface area (Å²) in [5.41, 5.74) is 3.31. The molecule has 1 amide bonds. The van der Waals surface area contributed by atoms with Gasteiger partial charge < -0.3 is 14.6 Å². The normalized spacial score (nSPS) is 22.0. The van der Waals surface area contributed by atoms with Gasteiger partial charge in [0.05, 0.1) is 6.10 Å². The van der Waals surface area contributed by atoms with Gasteiger partial charge in [0.2, 0.25) is 0 Å². The van der Waals surface area contributed by atoms with Crippen molar-refractivity contribution in [3.05, 3.63) is 59.7 Å². The van der Waals surface area contributed by atoms with Crippen molar-refractivity contribution >= 4 is 12.1 Å². The molecular formula is C24H27NO5. The summed E-state index contributed by atoms with van der Waals surface area (Å²) in [7, 11) is 0. The second-order valence-corrected chi connectivity index (χ2v) is 7.87. The molecule has 0 bridgehead atoms. The summed E-state index contributed by atoms with van der Waals surface area (Å²) < 4.78 is 11.2. The number of benzene rings is 2. The maximum atomic E-state index is 13.0. The third-order valence-electron chi connectivity index (χ3n) is 6.32. The second-order valence-electron chi connectivity index (χ2n) is 7.87. The minimum atomic E-state index is -1.25. The van der Waals surface area contributed by atoms with Crippen LogP contribution in [0.25, 0.3) is 11.1 Å². The molecule has 1 saturated carbocycles. The molecule has 0 spiro atoms. The highest BCUT2D eigenvalue weighted by atomic mass is 16.6. The van der Waals surface area contributed by atoms with Gasteiger partial charge >= 0.3 is 12.1 Å². The largest absolute Gasteiger partial charge is 0.479 e. The van der Waals surface area contributed by atoms with Gasteiger partial charge in [-0.15, -0.1) is 0 Å². The summed E-state index contributed by atoms with van der Waals surface area (Å²) in [6.07, 6.45) is -0.152. The summed E-state index contributed by atoms with van der Waals surface area (Å²) in [4.78, 5) is 26.3. The van der Waals surface area contributed by atoms with Crippen LogP contribution in [0.15, 0.2) is 48.5 Å². The first-order chi connectivity index (χ1) is 14.5. The fourth-order valence-electron chi connectivity index (χ4n) is 4.84. The highest BCUT2D eigenvalue weighted by Gasteiger charge is 2.57. The van der Waals surface area contributed by atoms with Crippen LogP contribution >= 0.6 is 0 Å². The van der Waals surface area contributed by atoms with Crippen LogP contribution in [-0.2, 0) is 14.3 Å². The monoisotopic (exact) mass is 409 g/mol. The van der Waals surface area contributed by atoms with Crippen LogP contribution < -0.4 is 0 Å². The Morgan fingerprint density at radius 3 is 2.10 bits per heavy atom. The molecule has 1 fully saturated rings. The summed E-state index contributed by atoms with van der Waals surface area (Å²) >= 11 is 0. The molecule has 0 saturated heterocycles. The van der Waals surface area contributed by atoms with Crippen molar-refractivity contribution in [1.82, 2.24) is 4.90 Å². The highest BCUT2D eigenvalue weighted by Crippen LogP contribution is 2.45. The Bertz CT molecular complexity index is 905. The van der Waals surface area contributed by atoms with Crippen LogP contribution in [0, 0.1) is 0 Å². The highest BCUT2D eigenvalue weighted by molar-refractivity contribution is 5.86. The van der Waals surface area contributed by atoms with Gasteiger partial charge in [-0.05, 0) is 36.1 Å². The van der Waals surface area contributed by atoms with E-state index >= 15 is 0 Å². The number of carbonyl (C=O) groups excluding carboxylic acids is 1. The Morgan fingerprint density at radius 2 is 1.60 bits per heavy atom. The average molecular weight is 409 g/mol. The van der Waals surface area contributed by atoms with E-state index in [-0.39, 0.29) is 38.0 Å². The number of hydrogen-bond donors (Lipinski definition) is 1. The lowest BCUT2D eigenvalue weighted by Crippen LogP contribution is -2.66. The zero-order valence-electron chi connectivity index (χ0n) is 17.3. The molecular weight excluding hydrogens is 382 g/mol. The number of aliphatic carboxylic acids is 1. The van der Waals surface area contributed by atoms with Crippen molar-refractivity contribution in [1.29, 1.82) is 0 Å². The van der Waals surface area contributed by atoms with Crippen LogP contribution in [0.5, 0.6) is 0 Å². The van der Waals surface area contributed by atoms with E-state index < -0.39 is 17.6 Å². The van der Waals surface area contributed by atoms with E-state index in [1.165, 1.54) is 4.90 Å². The summed E-state index contributed by atoms with van der Waals surface area (Å²) in [6.45, 7) is 4.62. The Labute approximate surface area is 176 Å². The van der Waals surface area contributed by atoms with Crippen LogP contribution in [0.3, 0.4) is 0 Å². The van der Waals surface area contributed by atoms with Crippen LogP contribution in [0.2, 0.25) is 0 Å². The number of carboxylic acid groups (broad SMARTS) is 1. The molecule has 0 heterocycles. The molecule has 0 aliphatic heterocycles. The van der Waals surface area contributed by atoms with Crippen molar-refractivity contribution < 1.29 is 24.2 Å². The van der Waals surface area contributed by atoms with E-state index in [1.54, 1.807) is 6.92 Å². The first-order valence-corrected chi connectivity index (χ1v) is 10.5. The molecule has 6 nitrogen and oxygen atoms in total. The molecule has 6 heteroatoms. The van der Waals surface area contributed by atoms with E-state index in [9.17, 15) is 14.7 Å². The van der Waals surface area contributed by atoms with Gasteiger partial charge in [-0.25, -0.2) is 9.59 Å². The average Bonchev–Trinajstić information content (AvgIpc) is 3.04. The van der Waals surface area contributed by atoms with Gasteiger partial charge in [0.15, 0.2) is 0 Å². The molecule has 0 radical (unpaired) electrons. The maximum Gasteiger partial charge on any atom is 0.410 e. The molecule has 158 valence electrons. The number of rotatable bonds is 7. The van der Waals surface area contributed by atoms with Crippen LogP contribution in [0.4, 0.5) is 4.79 Å². The minimum Gasteiger partial charge on any atom is -0.479 e. The Morgan fingerprint density at radius 1 is 1.03 bits per heavy atom. The van der Waals surface area contributed by atoms with E-state index in [4.69, 9.17) is 9.47 Å². The van der Waals surface area contributed by atoms with Crippen molar-refractivity contribution in [3.63, 3.8) is 0 Å². The molecule has 4 rings (SSSR count). The molecule has 2 aliphatic rings.